The third-order valence-electron chi connectivity index (χ3n) is 3.87. The molecule has 2 aromatic heterocycles. The van der Waals surface area contributed by atoms with Crippen LogP contribution in [0.2, 0.25) is 0 Å². The van der Waals surface area contributed by atoms with Gasteiger partial charge < -0.3 is 5.32 Å². The van der Waals surface area contributed by atoms with E-state index in [1.54, 1.807) is 11.3 Å². The van der Waals surface area contributed by atoms with Gasteiger partial charge in [0.2, 0.25) is 0 Å². The Morgan fingerprint density at radius 2 is 2.00 bits per heavy atom. The van der Waals surface area contributed by atoms with Gasteiger partial charge in [-0.15, -0.1) is 0 Å². The van der Waals surface area contributed by atoms with Crippen molar-refractivity contribution in [2.75, 3.05) is 11.9 Å². The van der Waals surface area contributed by atoms with E-state index in [2.05, 4.69) is 29.9 Å². The number of aromatic nitrogens is 2. The SMILES string of the molecule is CCNc1nc(-c2cscc2C)nc2c1CCCCC2. The minimum atomic E-state index is 0.889. The highest BCUT2D eigenvalue weighted by Crippen LogP contribution is 2.30. The number of nitrogens with one attached hydrogen (secondary N) is 1. The van der Waals surface area contributed by atoms with Crippen molar-refractivity contribution in [2.24, 2.45) is 0 Å². The van der Waals surface area contributed by atoms with Gasteiger partial charge in [0.15, 0.2) is 5.82 Å². The largest absolute Gasteiger partial charge is 0.370 e. The lowest BCUT2D eigenvalue weighted by atomic mass is 10.1. The van der Waals surface area contributed by atoms with E-state index in [-0.39, 0.29) is 0 Å². The third kappa shape index (κ3) is 2.57. The van der Waals surface area contributed by atoms with E-state index in [0.717, 1.165) is 31.0 Å². The molecule has 2 heterocycles. The summed E-state index contributed by atoms with van der Waals surface area (Å²) in [5.74, 6) is 1.94. The van der Waals surface area contributed by atoms with E-state index in [1.165, 1.54) is 41.6 Å². The maximum Gasteiger partial charge on any atom is 0.162 e. The zero-order valence-corrected chi connectivity index (χ0v) is 13.0. The fourth-order valence-electron chi connectivity index (χ4n) is 2.79. The second-order valence-corrected chi connectivity index (χ2v) is 6.12. The Labute approximate surface area is 124 Å². The molecule has 106 valence electrons. The van der Waals surface area contributed by atoms with Crippen LogP contribution in [0.5, 0.6) is 0 Å². The summed E-state index contributed by atoms with van der Waals surface area (Å²) in [5.41, 5.74) is 5.06. The van der Waals surface area contributed by atoms with Gasteiger partial charge in [0.1, 0.15) is 5.82 Å². The monoisotopic (exact) mass is 287 g/mol. The summed E-state index contributed by atoms with van der Waals surface area (Å²) in [5, 5.41) is 7.76. The molecule has 1 aliphatic rings. The lowest BCUT2D eigenvalue weighted by molar-refractivity contribution is 0.709. The summed E-state index contributed by atoms with van der Waals surface area (Å²) >= 11 is 1.72. The predicted octanol–water partition coefficient (Wildman–Crippen LogP) is 4.21. The van der Waals surface area contributed by atoms with Crippen LogP contribution in [0.15, 0.2) is 10.8 Å². The smallest absolute Gasteiger partial charge is 0.162 e. The lowest BCUT2D eigenvalue weighted by Gasteiger charge is -2.14. The Balaban J connectivity index is 2.11. The van der Waals surface area contributed by atoms with Crippen LogP contribution in [0, 0.1) is 6.92 Å². The quantitative estimate of drug-likeness (QED) is 0.859. The first kappa shape index (κ1) is 13.6. The molecule has 0 fully saturated rings. The van der Waals surface area contributed by atoms with E-state index in [1.807, 2.05) is 0 Å². The minimum Gasteiger partial charge on any atom is -0.370 e. The first-order chi connectivity index (χ1) is 9.79. The molecule has 0 atom stereocenters. The summed E-state index contributed by atoms with van der Waals surface area (Å²) < 4.78 is 0. The van der Waals surface area contributed by atoms with Crippen LogP contribution in [0.25, 0.3) is 11.4 Å². The number of hydrogen-bond acceptors (Lipinski definition) is 4. The summed E-state index contributed by atoms with van der Waals surface area (Å²) in [6, 6.07) is 0. The number of aryl methyl sites for hydroxylation is 2. The van der Waals surface area contributed by atoms with Crippen molar-refractivity contribution in [3.8, 4) is 11.4 Å². The topological polar surface area (TPSA) is 37.8 Å². The Morgan fingerprint density at radius 1 is 1.15 bits per heavy atom. The summed E-state index contributed by atoms with van der Waals surface area (Å²) in [6.45, 7) is 5.17. The Hall–Kier alpha value is -1.42. The van der Waals surface area contributed by atoms with Crippen molar-refractivity contribution in [2.45, 2.75) is 46.0 Å². The highest BCUT2D eigenvalue weighted by molar-refractivity contribution is 7.08. The van der Waals surface area contributed by atoms with Crippen LogP contribution < -0.4 is 5.32 Å². The number of hydrogen-bond donors (Lipinski definition) is 1. The van der Waals surface area contributed by atoms with Crippen LogP contribution in [0.3, 0.4) is 0 Å². The van der Waals surface area contributed by atoms with Crippen LogP contribution in [-0.2, 0) is 12.8 Å². The molecule has 20 heavy (non-hydrogen) atoms. The van der Waals surface area contributed by atoms with Crippen LogP contribution >= 0.6 is 11.3 Å². The molecular weight excluding hydrogens is 266 g/mol. The molecule has 0 unspecified atom stereocenters. The van der Waals surface area contributed by atoms with Gasteiger partial charge in [0.25, 0.3) is 0 Å². The van der Waals surface area contributed by atoms with E-state index in [9.17, 15) is 0 Å². The highest BCUT2D eigenvalue weighted by atomic mass is 32.1. The maximum atomic E-state index is 4.88. The summed E-state index contributed by atoms with van der Waals surface area (Å²) in [4.78, 5) is 9.68. The molecule has 0 radical (unpaired) electrons. The third-order valence-corrected chi connectivity index (χ3v) is 4.74. The van der Waals surface area contributed by atoms with Crippen molar-refractivity contribution in [1.82, 2.24) is 9.97 Å². The van der Waals surface area contributed by atoms with Gasteiger partial charge in [0, 0.05) is 28.7 Å². The molecule has 0 aliphatic heterocycles. The lowest BCUT2D eigenvalue weighted by Crippen LogP contribution is -2.09. The van der Waals surface area contributed by atoms with Crippen LogP contribution in [0.4, 0.5) is 5.82 Å². The first-order valence-electron chi connectivity index (χ1n) is 7.46. The zero-order chi connectivity index (χ0) is 13.9. The van der Waals surface area contributed by atoms with Gasteiger partial charge >= 0.3 is 0 Å². The number of rotatable bonds is 3. The summed E-state index contributed by atoms with van der Waals surface area (Å²) in [6.07, 6.45) is 6.00. The van der Waals surface area contributed by atoms with Crippen molar-refractivity contribution >= 4 is 17.2 Å². The van der Waals surface area contributed by atoms with Crippen molar-refractivity contribution in [1.29, 1.82) is 0 Å². The molecule has 0 bridgehead atoms. The first-order valence-corrected chi connectivity index (χ1v) is 8.40. The molecular formula is C16H21N3S. The van der Waals surface area contributed by atoms with Gasteiger partial charge in [0.05, 0.1) is 0 Å². The van der Waals surface area contributed by atoms with Crippen LogP contribution in [0.1, 0.15) is 43.0 Å². The van der Waals surface area contributed by atoms with Crippen molar-refractivity contribution < 1.29 is 0 Å². The second kappa shape index (κ2) is 5.92. The average Bonchev–Trinajstić information content (AvgIpc) is 2.73. The molecule has 1 aliphatic carbocycles. The normalized spacial score (nSPS) is 14.7. The Morgan fingerprint density at radius 3 is 2.75 bits per heavy atom. The number of fused-ring (bicyclic) bond motifs is 1. The average molecular weight is 287 g/mol. The molecule has 0 saturated carbocycles. The highest BCUT2D eigenvalue weighted by Gasteiger charge is 2.18. The van der Waals surface area contributed by atoms with E-state index >= 15 is 0 Å². The summed E-state index contributed by atoms with van der Waals surface area (Å²) in [7, 11) is 0. The molecule has 4 heteroatoms. The predicted molar refractivity (Wildman–Crippen MR) is 85.5 cm³/mol. The number of thiophene rings is 1. The zero-order valence-electron chi connectivity index (χ0n) is 12.2. The Kier molecular flexibility index (Phi) is 4.01. The fourth-order valence-corrected chi connectivity index (χ4v) is 3.62. The maximum absolute atomic E-state index is 4.88. The molecule has 3 rings (SSSR count). The molecule has 0 spiro atoms. The fraction of sp³-hybridized carbons (Fsp3) is 0.500. The number of anilines is 1. The molecule has 0 saturated heterocycles. The van der Waals surface area contributed by atoms with E-state index in [0.29, 0.717) is 0 Å². The minimum absolute atomic E-state index is 0.889. The Bertz CT molecular complexity index is 604. The van der Waals surface area contributed by atoms with E-state index < -0.39 is 0 Å². The molecule has 0 aromatic carbocycles. The molecule has 2 aromatic rings. The molecule has 1 N–H and O–H groups in total. The van der Waals surface area contributed by atoms with Gasteiger partial charge in [-0.05, 0) is 50.5 Å². The number of nitrogens with zero attached hydrogens (tertiary/aromatic N) is 2. The standard InChI is InChI=1S/C16H21N3S/c1-3-17-15-12-7-5-4-6-8-14(12)18-16(19-15)13-10-20-9-11(13)2/h9-10H,3-8H2,1-2H3,(H,17,18,19). The second-order valence-electron chi connectivity index (χ2n) is 5.38. The van der Waals surface area contributed by atoms with Crippen molar-refractivity contribution in [3.05, 3.63) is 27.6 Å². The molecule has 3 nitrogen and oxygen atoms in total. The van der Waals surface area contributed by atoms with Gasteiger partial charge in [-0.1, -0.05) is 6.42 Å². The van der Waals surface area contributed by atoms with Crippen molar-refractivity contribution in [3.63, 3.8) is 0 Å². The molecule has 0 amide bonds. The van der Waals surface area contributed by atoms with E-state index in [4.69, 9.17) is 9.97 Å². The van der Waals surface area contributed by atoms with Gasteiger partial charge in [-0.3, -0.25) is 0 Å². The van der Waals surface area contributed by atoms with Gasteiger partial charge in [-0.2, -0.15) is 11.3 Å². The van der Waals surface area contributed by atoms with Gasteiger partial charge in [-0.25, -0.2) is 9.97 Å². The van der Waals surface area contributed by atoms with Crippen LogP contribution in [-0.4, -0.2) is 16.5 Å².